The van der Waals surface area contributed by atoms with Gasteiger partial charge in [-0.2, -0.15) is 0 Å². The van der Waals surface area contributed by atoms with E-state index < -0.39 is 0 Å². The van der Waals surface area contributed by atoms with Gasteiger partial charge >= 0.3 is 0 Å². The highest BCUT2D eigenvalue weighted by Gasteiger charge is 2.41. The smallest absolute Gasteiger partial charge is 0.0687 e. The molecule has 2 atom stereocenters. The molecule has 0 aromatic carbocycles. The zero-order chi connectivity index (χ0) is 13.9. The molecule has 1 saturated carbocycles. The molecule has 0 radical (unpaired) electrons. The number of hydrogen-bond acceptors (Lipinski definition) is 2. The van der Waals surface area contributed by atoms with Crippen LogP contribution in [0.3, 0.4) is 0 Å². The van der Waals surface area contributed by atoms with Crippen molar-refractivity contribution < 1.29 is 4.74 Å². The highest BCUT2D eigenvalue weighted by molar-refractivity contribution is 4.92. The summed E-state index contributed by atoms with van der Waals surface area (Å²) in [5.41, 5.74) is 0.559. The lowest BCUT2D eigenvalue weighted by molar-refractivity contribution is -0.0405. The Morgan fingerprint density at radius 1 is 1.21 bits per heavy atom. The van der Waals surface area contributed by atoms with Crippen LogP contribution < -0.4 is 5.32 Å². The van der Waals surface area contributed by atoms with Gasteiger partial charge in [0.15, 0.2) is 0 Å². The molecule has 1 saturated heterocycles. The molecule has 0 amide bonds. The van der Waals surface area contributed by atoms with Gasteiger partial charge in [0.2, 0.25) is 0 Å². The summed E-state index contributed by atoms with van der Waals surface area (Å²) in [4.78, 5) is 0. The molecular formula is C17H33NO. The molecule has 2 rings (SSSR count). The number of hydrogen-bond donors (Lipinski definition) is 1. The fourth-order valence-electron chi connectivity index (χ4n) is 3.54. The molecule has 1 N–H and O–H groups in total. The van der Waals surface area contributed by atoms with Crippen LogP contribution >= 0.6 is 0 Å². The van der Waals surface area contributed by atoms with Crippen molar-refractivity contribution >= 4 is 0 Å². The monoisotopic (exact) mass is 267 g/mol. The second kappa shape index (κ2) is 6.13. The van der Waals surface area contributed by atoms with E-state index in [0.29, 0.717) is 11.7 Å². The van der Waals surface area contributed by atoms with Crippen LogP contribution in [-0.4, -0.2) is 23.8 Å². The van der Waals surface area contributed by atoms with E-state index in [1.807, 2.05) is 0 Å². The third kappa shape index (κ3) is 4.75. The van der Waals surface area contributed by atoms with Crippen molar-refractivity contribution in [3.05, 3.63) is 0 Å². The number of ether oxygens (including phenoxy) is 1. The molecule has 19 heavy (non-hydrogen) atoms. The first-order valence-corrected chi connectivity index (χ1v) is 8.31. The summed E-state index contributed by atoms with van der Waals surface area (Å²) in [5, 5.41) is 3.60. The normalized spacial score (nSPS) is 28.1. The van der Waals surface area contributed by atoms with Crippen LogP contribution in [0.25, 0.3) is 0 Å². The summed E-state index contributed by atoms with van der Waals surface area (Å²) in [6, 6.07) is 0. The molecule has 1 heterocycles. The number of nitrogens with one attached hydrogen (secondary N) is 1. The van der Waals surface area contributed by atoms with E-state index in [1.165, 1.54) is 51.4 Å². The van der Waals surface area contributed by atoms with E-state index in [9.17, 15) is 0 Å². The average molecular weight is 267 g/mol. The van der Waals surface area contributed by atoms with Crippen LogP contribution in [0.5, 0.6) is 0 Å². The van der Waals surface area contributed by atoms with Crippen molar-refractivity contribution in [2.75, 3.05) is 6.54 Å². The van der Waals surface area contributed by atoms with E-state index >= 15 is 0 Å². The van der Waals surface area contributed by atoms with Gasteiger partial charge < -0.3 is 10.1 Å². The molecule has 1 spiro atoms. The van der Waals surface area contributed by atoms with Crippen LogP contribution in [0.4, 0.5) is 0 Å². The maximum atomic E-state index is 6.39. The fourth-order valence-corrected chi connectivity index (χ4v) is 3.54. The molecule has 1 aliphatic carbocycles. The first-order chi connectivity index (χ1) is 8.89. The summed E-state index contributed by atoms with van der Waals surface area (Å²) in [7, 11) is 0. The molecule has 112 valence electrons. The standard InChI is InChI=1S/C17H33NO/c1-14(13-18-16(2,3)4)7-8-15-9-12-17(19-15)10-5-6-11-17/h14-15,18H,5-13H2,1-4H3. The van der Waals surface area contributed by atoms with Crippen molar-refractivity contribution in [1.82, 2.24) is 5.32 Å². The molecule has 0 aromatic rings. The van der Waals surface area contributed by atoms with Crippen molar-refractivity contribution in [2.45, 2.75) is 96.3 Å². The second-order valence-electron chi connectivity index (χ2n) is 7.98. The summed E-state index contributed by atoms with van der Waals surface area (Å²) >= 11 is 0. The van der Waals surface area contributed by atoms with E-state index in [1.54, 1.807) is 0 Å². The van der Waals surface area contributed by atoms with E-state index in [-0.39, 0.29) is 5.54 Å². The molecule has 2 heteroatoms. The lowest BCUT2D eigenvalue weighted by Gasteiger charge is -2.25. The molecule has 2 fully saturated rings. The van der Waals surface area contributed by atoms with Gasteiger partial charge in [0.25, 0.3) is 0 Å². The average Bonchev–Trinajstić information content (AvgIpc) is 2.94. The van der Waals surface area contributed by atoms with Crippen molar-refractivity contribution in [2.24, 2.45) is 5.92 Å². The zero-order valence-corrected chi connectivity index (χ0v) is 13.4. The molecular weight excluding hydrogens is 234 g/mol. The minimum atomic E-state index is 0.242. The summed E-state index contributed by atoms with van der Waals surface area (Å²) in [6.07, 6.45) is 11.2. The quantitative estimate of drug-likeness (QED) is 0.802. The van der Waals surface area contributed by atoms with Crippen LogP contribution in [0.1, 0.15) is 79.1 Å². The van der Waals surface area contributed by atoms with Gasteiger partial charge in [-0.05, 0) is 71.8 Å². The molecule has 2 nitrogen and oxygen atoms in total. The van der Waals surface area contributed by atoms with Crippen molar-refractivity contribution in [1.29, 1.82) is 0 Å². The number of rotatable bonds is 5. The highest BCUT2D eigenvalue weighted by Crippen LogP contribution is 2.44. The maximum Gasteiger partial charge on any atom is 0.0687 e. The Hall–Kier alpha value is -0.0800. The van der Waals surface area contributed by atoms with Gasteiger partial charge in [-0.15, -0.1) is 0 Å². The van der Waals surface area contributed by atoms with Crippen molar-refractivity contribution in [3.8, 4) is 0 Å². The van der Waals surface area contributed by atoms with Crippen LogP contribution in [0, 0.1) is 5.92 Å². The highest BCUT2D eigenvalue weighted by atomic mass is 16.5. The van der Waals surface area contributed by atoms with Crippen LogP contribution in [-0.2, 0) is 4.74 Å². The van der Waals surface area contributed by atoms with E-state index in [4.69, 9.17) is 4.74 Å². The van der Waals surface area contributed by atoms with Gasteiger partial charge in [-0.3, -0.25) is 0 Å². The van der Waals surface area contributed by atoms with E-state index in [2.05, 4.69) is 33.0 Å². The topological polar surface area (TPSA) is 21.3 Å². The van der Waals surface area contributed by atoms with Gasteiger partial charge in [0, 0.05) is 5.54 Å². The Morgan fingerprint density at radius 2 is 1.89 bits per heavy atom. The molecule has 0 aromatic heterocycles. The van der Waals surface area contributed by atoms with Gasteiger partial charge in [0.1, 0.15) is 0 Å². The maximum absolute atomic E-state index is 6.39. The Kier molecular flexibility index (Phi) is 4.94. The fraction of sp³-hybridized carbons (Fsp3) is 1.00. The predicted molar refractivity (Wildman–Crippen MR) is 81.5 cm³/mol. The predicted octanol–water partition coefficient (Wildman–Crippen LogP) is 4.28. The molecule has 1 aliphatic heterocycles. The van der Waals surface area contributed by atoms with Gasteiger partial charge in [-0.25, -0.2) is 0 Å². The SMILES string of the molecule is CC(CCC1CCC2(CCCC2)O1)CNC(C)(C)C. The summed E-state index contributed by atoms with van der Waals surface area (Å²) in [6.45, 7) is 10.2. The van der Waals surface area contributed by atoms with Crippen molar-refractivity contribution in [3.63, 3.8) is 0 Å². The van der Waals surface area contributed by atoms with Gasteiger partial charge in [0.05, 0.1) is 11.7 Å². The largest absolute Gasteiger partial charge is 0.372 e. The second-order valence-corrected chi connectivity index (χ2v) is 7.98. The zero-order valence-electron chi connectivity index (χ0n) is 13.4. The first kappa shape index (κ1) is 15.3. The van der Waals surface area contributed by atoms with E-state index in [0.717, 1.165) is 12.5 Å². The lowest BCUT2D eigenvalue weighted by atomic mass is 9.96. The molecule has 2 unspecified atom stereocenters. The summed E-state index contributed by atoms with van der Waals surface area (Å²) in [5.74, 6) is 0.753. The molecule has 2 aliphatic rings. The summed E-state index contributed by atoms with van der Waals surface area (Å²) < 4.78 is 6.39. The lowest BCUT2D eigenvalue weighted by Crippen LogP contribution is -2.38. The van der Waals surface area contributed by atoms with Crippen LogP contribution in [0.15, 0.2) is 0 Å². The third-order valence-corrected chi connectivity index (χ3v) is 4.82. The Morgan fingerprint density at radius 3 is 2.53 bits per heavy atom. The first-order valence-electron chi connectivity index (χ1n) is 8.31. The van der Waals surface area contributed by atoms with Gasteiger partial charge in [-0.1, -0.05) is 19.8 Å². The minimum absolute atomic E-state index is 0.242. The Labute approximate surface area is 119 Å². The third-order valence-electron chi connectivity index (χ3n) is 4.82. The van der Waals surface area contributed by atoms with Crippen LogP contribution in [0.2, 0.25) is 0 Å². The Bertz CT molecular complexity index is 275. The Balaban J connectivity index is 1.63. The molecule has 0 bridgehead atoms. The minimum Gasteiger partial charge on any atom is -0.372 e.